The first kappa shape index (κ1) is 51.6. The molecule has 1 atom stereocenters. The van der Waals surface area contributed by atoms with Crippen LogP contribution < -0.4 is 31.3 Å². The average molecular weight is 1000 g/mol. The summed E-state index contributed by atoms with van der Waals surface area (Å²) < 4.78 is 48.9. The number of ether oxygens (including phenoxy) is 1. The maximum Gasteiger partial charge on any atom is 0.264 e. The van der Waals surface area contributed by atoms with Gasteiger partial charge < -0.3 is 30.9 Å². The molecular formula is C49H60ClFN10O8S. The van der Waals surface area contributed by atoms with Crippen LogP contribution in [-0.2, 0) is 24.3 Å². The summed E-state index contributed by atoms with van der Waals surface area (Å²) in [5.74, 6) is -2.93. The van der Waals surface area contributed by atoms with E-state index in [2.05, 4.69) is 46.2 Å². The predicted molar refractivity (Wildman–Crippen MR) is 266 cm³/mol. The van der Waals surface area contributed by atoms with Crippen molar-refractivity contribution in [3.05, 3.63) is 93.9 Å². The SMILES string of the molecule is Cc1cnc(Nc2ccc(C(=O)NC3CCN(CCC(C)(C)OCC(C)(C)Nc4cccc5c4C(=O)N(C4CCC(=O)NC4=O)C5=O)CC3)c(F)c2)nc1Nc1ccc(Cl)c(NS(=O)(=O)C(C)(C)C)c1. The smallest absolute Gasteiger partial charge is 0.264 e. The molecule has 2 fully saturated rings. The Balaban J connectivity index is 0.862. The maximum absolute atomic E-state index is 15.5. The van der Waals surface area contributed by atoms with E-state index in [9.17, 15) is 32.4 Å². The van der Waals surface area contributed by atoms with Gasteiger partial charge in [-0.1, -0.05) is 17.7 Å². The Hall–Kier alpha value is -6.22. The number of piperidine rings is 2. The van der Waals surface area contributed by atoms with Crippen molar-refractivity contribution in [1.29, 1.82) is 0 Å². The van der Waals surface area contributed by atoms with Gasteiger partial charge in [-0.3, -0.25) is 38.9 Å². The number of likely N-dealkylation sites (tertiary alicyclic amines) is 1. The number of nitrogens with one attached hydrogen (secondary N) is 6. The molecule has 1 aromatic heterocycles. The Labute approximate surface area is 412 Å². The molecule has 0 radical (unpaired) electrons. The number of carbonyl (C=O) groups is 5. The molecule has 0 aliphatic carbocycles. The van der Waals surface area contributed by atoms with Gasteiger partial charge in [0.2, 0.25) is 27.8 Å². The van der Waals surface area contributed by atoms with Gasteiger partial charge in [-0.05, 0) is 130 Å². The molecule has 3 aromatic carbocycles. The lowest BCUT2D eigenvalue weighted by atomic mass is 9.99. The zero-order valence-corrected chi connectivity index (χ0v) is 42.1. The van der Waals surface area contributed by atoms with Crippen LogP contribution in [0.3, 0.4) is 0 Å². The summed E-state index contributed by atoms with van der Waals surface area (Å²) in [5.41, 5.74) is 1.24. The van der Waals surface area contributed by atoms with Crippen LogP contribution in [0.2, 0.25) is 5.02 Å². The number of aromatic nitrogens is 2. The van der Waals surface area contributed by atoms with Crippen LogP contribution in [0.5, 0.6) is 0 Å². The molecule has 7 rings (SSSR count). The summed E-state index contributed by atoms with van der Waals surface area (Å²) in [7, 11) is -3.74. The number of halogens is 2. The van der Waals surface area contributed by atoms with Gasteiger partial charge in [-0.2, -0.15) is 4.98 Å². The molecule has 21 heteroatoms. The van der Waals surface area contributed by atoms with Gasteiger partial charge in [-0.25, -0.2) is 17.8 Å². The molecular weight excluding hydrogens is 943 g/mol. The molecule has 1 unspecified atom stereocenters. The first-order valence-corrected chi connectivity index (χ1v) is 24.9. The number of aryl methyl sites for hydroxylation is 1. The highest BCUT2D eigenvalue weighted by Gasteiger charge is 2.46. The minimum Gasteiger partial charge on any atom is -0.377 e. The van der Waals surface area contributed by atoms with Crippen molar-refractivity contribution in [2.75, 3.05) is 46.9 Å². The zero-order chi connectivity index (χ0) is 50.9. The second kappa shape index (κ2) is 20.2. The van der Waals surface area contributed by atoms with Crippen LogP contribution in [0.1, 0.15) is 117 Å². The van der Waals surface area contributed by atoms with E-state index in [1.807, 2.05) is 27.7 Å². The van der Waals surface area contributed by atoms with E-state index in [1.54, 1.807) is 76.4 Å². The number of fused-ring (bicyclic) bond motifs is 1. The van der Waals surface area contributed by atoms with E-state index < -0.39 is 67.3 Å². The highest BCUT2D eigenvalue weighted by molar-refractivity contribution is 7.94. The lowest BCUT2D eigenvalue weighted by Crippen LogP contribution is -2.54. The molecule has 0 spiro atoms. The standard InChI is InChI=1S/C49H60ClFN10O8S/c1-28-26-52-46(57-41(28)53-31-13-15-34(50)37(25-31)59-70(67,68)47(2,3)4)55-30-12-14-32(35(51)24-30)42(63)54-29-18-21-60(22-19-29)23-20-49(7,8)69-27-48(5,6)58-36-11-9-10-33-40(36)45(66)61(44(33)65)38-16-17-39(62)56-43(38)64/h9-15,24-26,29,38,58-59H,16-23,27H2,1-8H3,(H,54,63)(H,56,62,64)(H2,52,53,55,57). The van der Waals surface area contributed by atoms with Gasteiger partial charge in [0.15, 0.2) is 0 Å². The predicted octanol–water partition coefficient (Wildman–Crippen LogP) is 7.28. The van der Waals surface area contributed by atoms with E-state index in [0.717, 1.165) is 24.5 Å². The second-order valence-corrected chi connectivity index (χ2v) is 23.0. The van der Waals surface area contributed by atoms with Crippen LogP contribution in [0.4, 0.5) is 38.9 Å². The quantitative estimate of drug-likeness (QED) is 0.0571. The van der Waals surface area contributed by atoms with E-state index >= 15 is 4.39 Å². The Morgan fingerprint density at radius 3 is 2.30 bits per heavy atom. The van der Waals surface area contributed by atoms with Crippen molar-refractivity contribution in [1.82, 2.24) is 30.4 Å². The average Bonchev–Trinajstić information content (AvgIpc) is 3.53. The third kappa shape index (κ3) is 12.0. The van der Waals surface area contributed by atoms with Crippen LogP contribution in [0.25, 0.3) is 0 Å². The molecule has 5 amide bonds. The van der Waals surface area contributed by atoms with E-state index in [-0.39, 0.29) is 58.8 Å². The number of benzene rings is 3. The van der Waals surface area contributed by atoms with Gasteiger partial charge in [0.05, 0.1) is 49.9 Å². The second-order valence-electron chi connectivity index (χ2n) is 20.2. The molecule has 0 bridgehead atoms. The lowest BCUT2D eigenvalue weighted by molar-refractivity contribution is -0.136. The monoisotopic (exact) mass is 1000 g/mol. The van der Waals surface area contributed by atoms with Crippen LogP contribution in [-0.4, -0.2) is 112 Å². The fourth-order valence-electron chi connectivity index (χ4n) is 8.11. The van der Waals surface area contributed by atoms with Crippen LogP contribution in [0.15, 0.2) is 60.8 Å². The number of nitrogens with zero attached hydrogens (tertiary/aromatic N) is 4. The molecule has 70 heavy (non-hydrogen) atoms. The molecule has 2 saturated heterocycles. The Kier molecular flexibility index (Phi) is 14.9. The zero-order valence-electron chi connectivity index (χ0n) is 40.5. The third-order valence-electron chi connectivity index (χ3n) is 12.4. The van der Waals surface area contributed by atoms with Gasteiger partial charge in [0, 0.05) is 60.9 Å². The van der Waals surface area contributed by atoms with E-state index in [1.165, 1.54) is 12.1 Å². The summed E-state index contributed by atoms with van der Waals surface area (Å²) in [6, 6.07) is 12.7. The lowest BCUT2D eigenvalue weighted by Gasteiger charge is -2.36. The topological polar surface area (TPSA) is 233 Å². The molecule has 3 aliphatic rings. The number of anilines is 6. The summed E-state index contributed by atoms with van der Waals surface area (Å²) in [6.07, 6.45) is 3.75. The molecule has 374 valence electrons. The highest BCUT2D eigenvalue weighted by atomic mass is 35.5. The number of sulfonamides is 1. The number of amides is 5. The largest absolute Gasteiger partial charge is 0.377 e. The van der Waals surface area contributed by atoms with Crippen molar-refractivity contribution in [2.24, 2.45) is 0 Å². The number of hydrogen-bond donors (Lipinski definition) is 6. The molecule has 3 aliphatic heterocycles. The first-order valence-electron chi connectivity index (χ1n) is 23.1. The number of imide groups is 2. The van der Waals surface area contributed by atoms with Gasteiger partial charge in [0.25, 0.3) is 17.7 Å². The normalized spacial score (nSPS) is 17.3. The summed E-state index contributed by atoms with van der Waals surface area (Å²) >= 11 is 6.31. The van der Waals surface area contributed by atoms with Crippen LogP contribution >= 0.6 is 11.6 Å². The molecule has 18 nitrogen and oxygen atoms in total. The number of carbonyl (C=O) groups excluding carboxylic acids is 5. The van der Waals surface area contributed by atoms with Crippen molar-refractivity contribution < 1.29 is 41.5 Å². The summed E-state index contributed by atoms with van der Waals surface area (Å²) in [4.78, 5) is 76.6. The van der Waals surface area contributed by atoms with E-state index in [0.29, 0.717) is 47.7 Å². The third-order valence-corrected chi connectivity index (χ3v) is 14.9. The summed E-state index contributed by atoms with van der Waals surface area (Å²) in [6.45, 7) is 16.9. The van der Waals surface area contributed by atoms with Gasteiger partial charge in [-0.15, -0.1) is 0 Å². The van der Waals surface area contributed by atoms with Crippen molar-refractivity contribution >= 4 is 85.7 Å². The minimum atomic E-state index is -3.74. The summed E-state index contributed by atoms with van der Waals surface area (Å²) in [5, 5.41) is 15.0. The van der Waals surface area contributed by atoms with Crippen molar-refractivity contribution in [3.8, 4) is 0 Å². The van der Waals surface area contributed by atoms with Crippen molar-refractivity contribution in [2.45, 2.75) is 115 Å². The molecule has 6 N–H and O–H groups in total. The maximum atomic E-state index is 15.5. The molecule has 4 aromatic rings. The van der Waals surface area contributed by atoms with E-state index in [4.69, 9.17) is 16.3 Å². The number of rotatable bonds is 17. The molecule has 0 saturated carbocycles. The number of hydrogen-bond acceptors (Lipinski definition) is 14. The minimum absolute atomic E-state index is 0.0354. The Morgan fingerprint density at radius 1 is 0.914 bits per heavy atom. The first-order chi connectivity index (χ1) is 32.8. The molecule has 4 heterocycles. The fraction of sp³-hybridized carbons (Fsp3) is 0.449. The van der Waals surface area contributed by atoms with Gasteiger partial charge >= 0.3 is 0 Å². The Morgan fingerprint density at radius 2 is 1.61 bits per heavy atom. The highest BCUT2D eigenvalue weighted by Crippen LogP contribution is 2.35. The van der Waals surface area contributed by atoms with Gasteiger partial charge in [0.1, 0.15) is 17.7 Å². The van der Waals surface area contributed by atoms with Crippen molar-refractivity contribution in [3.63, 3.8) is 0 Å². The Bertz CT molecular complexity index is 2830. The fourth-order valence-corrected chi connectivity index (χ4v) is 9.10. The van der Waals surface area contributed by atoms with Crippen LogP contribution in [0, 0.1) is 12.7 Å².